The van der Waals surface area contributed by atoms with Crippen LogP contribution < -0.4 is 4.90 Å². The minimum Gasteiger partial charge on any atom is -0.379 e. The number of anilines is 1. The van der Waals surface area contributed by atoms with Gasteiger partial charge in [0.25, 0.3) is 0 Å². The van der Waals surface area contributed by atoms with Gasteiger partial charge in [0.05, 0.1) is 25.3 Å². The Kier molecular flexibility index (Phi) is 5.76. The largest absolute Gasteiger partial charge is 0.379 e. The van der Waals surface area contributed by atoms with Crippen molar-refractivity contribution in [3.05, 3.63) is 35.7 Å². The van der Waals surface area contributed by atoms with E-state index in [9.17, 15) is 0 Å². The molecule has 1 atom stereocenters. The Bertz CT molecular complexity index is 773. The second-order valence-electron chi connectivity index (χ2n) is 8.61. The molecule has 1 aromatic heterocycles. The van der Waals surface area contributed by atoms with Gasteiger partial charge in [-0.15, -0.1) is 5.10 Å². The van der Waals surface area contributed by atoms with Crippen molar-refractivity contribution in [1.82, 2.24) is 25.1 Å². The number of rotatable bonds is 5. The van der Waals surface area contributed by atoms with Crippen LogP contribution in [-0.2, 0) is 4.74 Å². The Labute approximate surface area is 173 Å². The molecule has 1 saturated carbocycles. The highest BCUT2D eigenvalue weighted by atomic mass is 16.5. The number of nitrogens with zero attached hydrogens (tertiary/aromatic N) is 6. The van der Waals surface area contributed by atoms with Crippen LogP contribution in [0.5, 0.6) is 0 Å². The number of morpholine rings is 1. The Balaban J connectivity index is 1.46. The van der Waals surface area contributed by atoms with Crippen molar-refractivity contribution in [2.75, 3.05) is 44.3 Å². The monoisotopic (exact) mass is 396 g/mol. The van der Waals surface area contributed by atoms with Gasteiger partial charge in [-0.2, -0.15) is 0 Å². The van der Waals surface area contributed by atoms with Crippen molar-refractivity contribution < 1.29 is 4.74 Å². The van der Waals surface area contributed by atoms with E-state index >= 15 is 0 Å². The molecule has 2 saturated heterocycles. The maximum absolute atomic E-state index is 5.63. The molecule has 29 heavy (non-hydrogen) atoms. The summed E-state index contributed by atoms with van der Waals surface area (Å²) in [5, 5.41) is 13.1. The molecular weight excluding hydrogens is 364 g/mol. The zero-order valence-electron chi connectivity index (χ0n) is 17.2. The molecule has 0 amide bonds. The molecule has 0 N–H and O–H groups in total. The molecule has 2 aliphatic heterocycles. The zero-order chi connectivity index (χ0) is 19.5. The number of tetrazole rings is 1. The van der Waals surface area contributed by atoms with Gasteiger partial charge >= 0.3 is 0 Å². The summed E-state index contributed by atoms with van der Waals surface area (Å²) in [6.45, 7) is 5.71. The summed E-state index contributed by atoms with van der Waals surface area (Å²) < 4.78 is 7.76. The van der Waals surface area contributed by atoms with Crippen molar-refractivity contribution >= 4 is 5.69 Å². The highest BCUT2D eigenvalue weighted by Gasteiger charge is 2.31. The normalized spacial score (nSPS) is 22.8. The lowest BCUT2D eigenvalue weighted by Crippen LogP contribution is -2.41. The number of hydrogen-bond acceptors (Lipinski definition) is 6. The smallest absolute Gasteiger partial charge is 0.173 e. The van der Waals surface area contributed by atoms with E-state index in [-0.39, 0.29) is 6.04 Å². The molecule has 0 spiro atoms. The molecule has 7 heteroatoms. The number of hydrogen-bond donors (Lipinski definition) is 0. The first-order valence-corrected chi connectivity index (χ1v) is 11.3. The van der Waals surface area contributed by atoms with E-state index in [0.717, 1.165) is 32.1 Å². The Morgan fingerprint density at radius 2 is 1.59 bits per heavy atom. The maximum atomic E-state index is 5.63. The molecule has 2 aromatic rings. The Morgan fingerprint density at radius 1 is 0.862 bits per heavy atom. The standard InChI is InChI=1S/C22H32N6O/c1-2-6-20(7-3-1)28-22(23-24-25-28)21(27-14-16-29-17-15-27)18-8-10-19(11-9-18)26-12-4-5-13-26/h8-11,20-21H,1-7,12-17H2/t21-/m0/s1. The first-order chi connectivity index (χ1) is 14.4. The molecule has 7 nitrogen and oxygen atoms in total. The van der Waals surface area contributed by atoms with Crippen molar-refractivity contribution in [3.8, 4) is 0 Å². The topological polar surface area (TPSA) is 59.3 Å². The van der Waals surface area contributed by atoms with E-state index in [1.54, 1.807) is 0 Å². The Hall–Kier alpha value is -1.99. The fourth-order valence-electron chi connectivity index (χ4n) is 5.17. The fraction of sp³-hybridized carbons (Fsp3) is 0.682. The van der Waals surface area contributed by atoms with Crippen LogP contribution in [0.1, 0.15) is 68.4 Å². The second kappa shape index (κ2) is 8.79. The molecule has 156 valence electrons. The molecule has 1 aromatic carbocycles. The second-order valence-corrected chi connectivity index (χ2v) is 8.61. The average Bonchev–Trinajstić information content (AvgIpc) is 3.49. The molecule has 0 bridgehead atoms. The van der Waals surface area contributed by atoms with E-state index in [2.05, 4.69) is 54.3 Å². The molecule has 3 fully saturated rings. The third-order valence-corrected chi connectivity index (χ3v) is 6.77. The summed E-state index contributed by atoms with van der Waals surface area (Å²) in [7, 11) is 0. The van der Waals surface area contributed by atoms with E-state index in [4.69, 9.17) is 4.74 Å². The van der Waals surface area contributed by atoms with Gasteiger partial charge in [0, 0.05) is 31.9 Å². The number of aromatic nitrogens is 4. The molecule has 1 aliphatic carbocycles. The Morgan fingerprint density at radius 3 is 2.31 bits per heavy atom. The number of ether oxygens (including phenoxy) is 1. The molecule has 3 heterocycles. The van der Waals surface area contributed by atoms with E-state index in [1.165, 1.54) is 69.3 Å². The van der Waals surface area contributed by atoms with Gasteiger partial charge in [-0.1, -0.05) is 31.4 Å². The van der Waals surface area contributed by atoms with Crippen LogP contribution in [0.15, 0.2) is 24.3 Å². The molecule has 3 aliphatic rings. The van der Waals surface area contributed by atoms with Gasteiger partial charge in [0.15, 0.2) is 5.82 Å². The first-order valence-electron chi connectivity index (χ1n) is 11.3. The van der Waals surface area contributed by atoms with Crippen LogP contribution in [-0.4, -0.2) is 64.5 Å². The lowest BCUT2D eigenvalue weighted by molar-refractivity contribution is 0.0211. The van der Waals surface area contributed by atoms with Gasteiger partial charge in [-0.3, -0.25) is 4.90 Å². The fourth-order valence-corrected chi connectivity index (χ4v) is 5.17. The maximum Gasteiger partial charge on any atom is 0.173 e. The predicted molar refractivity (Wildman–Crippen MR) is 112 cm³/mol. The van der Waals surface area contributed by atoms with Crippen LogP contribution in [0.3, 0.4) is 0 Å². The average molecular weight is 397 g/mol. The van der Waals surface area contributed by atoms with Crippen LogP contribution >= 0.6 is 0 Å². The van der Waals surface area contributed by atoms with Crippen molar-refractivity contribution in [3.63, 3.8) is 0 Å². The SMILES string of the molecule is c1cc(N2CCCC2)ccc1[C@@H](c1nnnn1C1CCCCC1)N1CCOCC1. The van der Waals surface area contributed by atoms with Crippen molar-refractivity contribution in [2.45, 2.75) is 57.0 Å². The van der Waals surface area contributed by atoms with Gasteiger partial charge in [0.1, 0.15) is 0 Å². The summed E-state index contributed by atoms with van der Waals surface area (Å²) in [5.74, 6) is 0.993. The quantitative estimate of drug-likeness (QED) is 0.774. The van der Waals surface area contributed by atoms with Crippen LogP contribution in [0, 0.1) is 0 Å². The molecule has 0 unspecified atom stereocenters. The van der Waals surface area contributed by atoms with Crippen molar-refractivity contribution in [2.24, 2.45) is 0 Å². The zero-order valence-corrected chi connectivity index (χ0v) is 17.2. The minimum absolute atomic E-state index is 0.0865. The summed E-state index contributed by atoms with van der Waals surface area (Å²) in [6.07, 6.45) is 8.85. The third kappa shape index (κ3) is 4.03. The van der Waals surface area contributed by atoms with Crippen molar-refractivity contribution in [1.29, 1.82) is 0 Å². The van der Waals surface area contributed by atoms with E-state index < -0.39 is 0 Å². The number of benzene rings is 1. The highest BCUT2D eigenvalue weighted by Crippen LogP contribution is 2.34. The van der Waals surface area contributed by atoms with E-state index in [0.29, 0.717) is 6.04 Å². The van der Waals surface area contributed by atoms with E-state index in [1.807, 2.05) is 0 Å². The molecule has 5 rings (SSSR count). The van der Waals surface area contributed by atoms with Crippen LogP contribution in [0.4, 0.5) is 5.69 Å². The van der Waals surface area contributed by atoms with Crippen LogP contribution in [0.25, 0.3) is 0 Å². The predicted octanol–water partition coefficient (Wildman–Crippen LogP) is 3.20. The molecular formula is C22H32N6O. The third-order valence-electron chi connectivity index (χ3n) is 6.77. The van der Waals surface area contributed by atoms with Gasteiger partial charge in [-0.05, 0) is 53.8 Å². The summed E-state index contributed by atoms with van der Waals surface area (Å²) in [6, 6.07) is 9.65. The molecule has 0 radical (unpaired) electrons. The first kappa shape index (κ1) is 19.0. The minimum atomic E-state index is 0.0865. The lowest BCUT2D eigenvalue weighted by atomic mass is 9.95. The summed E-state index contributed by atoms with van der Waals surface area (Å²) >= 11 is 0. The van der Waals surface area contributed by atoms with Crippen LogP contribution in [0.2, 0.25) is 0 Å². The summed E-state index contributed by atoms with van der Waals surface area (Å²) in [5.41, 5.74) is 2.61. The van der Waals surface area contributed by atoms with Gasteiger partial charge in [0.2, 0.25) is 0 Å². The highest BCUT2D eigenvalue weighted by molar-refractivity contribution is 5.49. The summed E-state index contributed by atoms with van der Waals surface area (Å²) in [4.78, 5) is 4.97. The van der Waals surface area contributed by atoms with Gasteiger partial charge < -0.3 is 9.64 Å². The lowest BCUT2D eigenvalue weighted by Gasteiger charge is -2.35. The van der Waals surface area contributed by atoms with Gasteiger partial charge in [-0.25, -0.2) is 4.68 Å².